The smallest absolute Gasteiger partial charge is 0.224 e. The molecule has 2 fully saturated rings. The van der Waals surface area contributed by atoms with Gasteiger partial charge in [0.1, 0.15) is 0 Å². The predicted octanol–water partition coefficient (Wildman–Crippen LogP) is 3.21. The van der Waals surface area contributed by atoms with Gasteiger partial charge in [-0.1, -0.05) is 60.7 Å². The molecule has 0 aliphatic heterocycles. The van der Waals surface area contributed by atoms with Crippen molar-refractivity contribution in [3.05, 3.63) is 71.8 Å². The Morgan fingerprint density at radius 1 is 0.852 bits per heavy atom. The van der Waals surface area contributed by atoms with Gasteiger partial charge in [-0.2, -0.15) is 0 Å². The van der Waals surface area contributed by atoms with Crippen molar-refractivity contribution in [2.75, 3.05) is 6.54 Å². The summed E-state index contributed by atoms with van der Waals surface area (Å²) in [5.41, 5.74) is 2.47. The van der Waals surface area contributed by atoms with E-state index in [1.54, 1.807) is 0 Å². The van der Waals surface area contributed by atoms with Crippen molar-refractivity contribution >= 4 is 11.8 Å². The standard InChI is InChI=1S/C23H26N2O2/c1-15(25-23(27)21-13-19(21)17-10-6-3-7-11-17)14-24-22(26)20-12-18(20)16-8-4-2-5-9-16/h2-11,15,18-21H,12-14H2,1H3,(H,24,26)(H,25,27)/t15-,18-,19+,20-,21-/m1/s1. The maximum Gasteiger partial charge on any atom is 0.224 e. The van der Waals surface area contributed by atoms with Crippen LogP contribution in [0.25, 0.3) is 0 Å². The number of hydrogen-bond acceptors (Lipinski definition) is 2. The van der Waals surface area contributed by atoms with E-state index in [0.717, 1.165) is 12.8 Å². The summed E-state index contributed by atoms with van der Waals surface area (Å²) in [5.74, 6) is 1.01. The number of nitrogens with one attached hydrogen (secondary N) is 2. The number of rotatable bonds is 7. The molecule has 0 radical (unpaired) electrons. The van der Waals surface area contributed by atoms with Gasteiger partial charge in [-0.15, -0.1) is 0 Å². The topological polar surface area (TPSA) is 58.2 Å². The van der Waals surface area contributed by atoms with E-state index >= 15 is 0 Å². The fourth-order valence-electron chi connectivity index (χ4n) is 3.89. The number of hydrogen-bond donors (Lipinski definition) is 2. The highest BCUT2D eigenvalue weighted by Gasteiger charge is 2.45. The highest BCUT2D eigenvalue weighted by atomic mass is 16.2. The monoisotopic (exact) mass is 362 g/mol. The first kappa shape index (κ1) is 17.8. The van der Waals surface area contributed by atoms with Crippen LogP contribution >= 0.6 is 0 Å². The van der Waals surface area contributed by atoms with Gasteiger partial charge < -0.3 is 10.6 Å². The lowest BCUT2D eigenvalue weighted by Gasteiger charge is -2.15. The molecule has 0 unspecified atom stereocenters. The van der Waals surface area contributed by atoms with Crippen LogP contribution in [0.2, 0.25) is 0 Å². The molecule has 2 aliphatic carbocycles. The van der Waals surface area contributed by atoms with Crippen molar-refractivity contribution in [1.29, 1.82) is 0 Å². The van der Waals surface area contributed by atoms with Crippen LogP contribution in [0.3, 0.4) is 0 Å². The summed E-state index contributed by atoms with van der Waals surface area (Å²) in [6.45, 7) is 2.42. The molecule has 0 aromatic heterocycles. The summed E-state index contributed by atoms with van der Waals surface area (Å²) in [6.07, 6.45) is 1.83. The number of carbonyl (C=O) groups is 2. The van der Waals surface area contributed by atoms with Crippen molar-refractivity contribution < 1.29 is 9.59 Å². The Kier molecular flexibility index (Phi) is 4.97. The molecule has 4 heteroatoms. The fraction of sp³-hybridized carbons (Fsp3) is 0.391. The second kappa shape index (κ2) is 7.55. The van der Waals surface area contributed by atoms with Gasteiger partial charge in [0.2, 0.25) is 11.8 Å². The lowest BCUT2D eigenvalue weighted by Crippen LogP contribution is -2.43. The van der Waals surface area contributed by atoms with Gasteiger partial charge in [-0.3, -0.25) is 9.59 Å². The highest BCUT2D eigenvalue weighted by Crippen LogP contribution is 2.48. The van der Waals surface area contributed by atoms with Gasteiger partial charge in [-0.25, -0.2) is 0 Å². The molecule has 0 spiro atoms. The zero-order valence-corrected chi connectivity index (χ0v) is 15.6. The first-order chi connectivity index (χ1) is 13.1. The summed E-state index contributed by atoms with van der Waals surface area (Å²) in [4.78, 5) is 24.7. The minimum Gasteiger partial charge on any atom is -0.354 e. The first-order valence-corrected chi connectivity index (χ1v) is 9.81. The fourth-order valence-corrected chi connectivity index (χ4v) is 3.89. The molecular weight excluding hydrogens is 336 g/mol. The number of carbonyl (C=O) groups excluding carboxylic acids is 2. The van der Waals surface area contributed by atoms with Crippen LogP contribution in [0, 0.1) is 11.8 Å². The maximum atomic E-state index is 12.4. The molecular formula is C23H26N2O2. The Morgan fingerprint density at radius 3 is 1.85 bits per heavy atom. The van der Waals surface area contributed by atoms with Crippen LogP contribution in [0.1, 0.15) is 42.7 Å². The molecule has 5 atom stereocenters. The maximum absolute atomic E-state index is 12.4. The third-order valence-electron chi connectivity index (χ3n) is 5.68. The van der Waals surface area contributed by atoms with E-state index in [9.17, 15) is 9.59 Å². The van der Waals surface area contributed by atoms with Gasteiger partial charge >= 0.3 is 0 Å². The average Bonchev–Trinajstić information content (AvgIpc) is 3.60. The molecule has 2 N–H and O–H groups in total. The van der Waals surface area contributed by atoms with Gasteiger partial charge in [-0.05, 0) is 42.7 Å². The molecule has 27 heavy (non-hydrogen) atoms. The van der Waals surface area contributed by atoms with Crippen LogP contribution in [0.5, 0.6) is 0 Å². The third kappa shape index (κ3) is 4.21. The molecule has 4 rings (SSSR count). The van der Waals surface area contributed by atoms with Gasteiger partial charge in [0.05, 0.1) is 0 Å². The lowest BCUT2D eigenvalue weighted by molar-refractivity contribution is -0.124. The summed E-state index contributed by atoms with van der Waals surface area (Å²) in [7, 11) is 0. The van der Waals surface area contributed by atoms with Crippen molar-refractivity contribution in [2.24, 2.45) is 11.8 Å². The largest absolute Gasteiger partial charge is 0.354 e. The zero-order valence-electron chi connectivity index (χ0n) is 15.6. The van der Waals surface area contributed by atoms with Crippen LogP contribution in [-0.4, -0.2) is 24.4 Å². The summed E-state index contributed by atoms with van der Waals surface area (Å²) in [5, 5.41) is 6.04. The van der Waals surface area contributed by atoms with Crippen molar-refractivity contribution in [3.63, 3.8) is 0 Å². The SMILES string of the molecule is C[C@H](CNC(=O)[C@@H]1C[C@@H]1c1ccccc1)NC(=O)[C@@H]1C[C@H]1c1ccccc1. The van der Waals surface area contributed by atoms with E-state index < -0.39 is 0 Å². The third-order valence-corrected chi connectivity index (χ3v) is 5.68. The highest BCUT2D eigenvalue weighted by molar-refractivity contribution is 5.84. The van der Waals surface area contributed by atoms with Crippen LogP contribution in [0.4, 0.5) is 0 Å². The van der Waals surface area contributed by atoms with E-state index in [-0.39, 0.29) is 29.7 Å². The van der Waals surface area contributed by atoms with Crippen LogP contribution in [0.15, 0.2) is 60.7 Å². The summed E-state index contributed by atoms with van der Waals surface area (Å²) < 4.78 is 0. The van der Waals surface area contributed by atoms with E-state index in [0.29, 0.717) is 18.4 Å². The van der Waals surface area contributed by atoms with Crippen molar-refractivity contribution in [3.8, 4) is 0 Å². The lowest BCUT2D eigenvalue weighted by atomic mass is 10.1. The van der Waals surface area contributed by atoms with E-state index in [2.05, 4.69) is 34.9 Å². The Hall–Kier alpha value is -2.62. The van der Waals surface area contributed by atoms with Crippen molar-refractivity contribution in [2.45, 2.75) is 37.6 Å². The second-order valence-corrected chi connectivity index (χ2v) is 7.87. The Labute approximate surface area is 160 Å². The molecule has 0 saturated heterocycles. The molecule has 2 aromatic rings. The molecule has 0 bridgehead atoms. The number of benzene rings is 2. The van der Waals surface area contributed by atoms with Crippen LogP contribution in [-0.2, 0) is 9.59 Å². The first-order valence-electron chi connectivity index (χ1n) is 9.81. The molecule has 2 aliphatic rings. The van der Waals surface area contributed by atoms with Gasteiger partial charge in [0, 0.05) is 24.4 Å². The van der Waals surface area contributed by atoms with E-state index in [1.165, 1.54) is 11.1 Å². The van der Waals surface area contributed by atoms with Gasteiger partial charge in [0.25, 0.3) is 0 Å². The molecule has 2 amide bonds. The van der Waals surface area contributed by atoms with Crippen molar-refractivity contribution in [1.82, 2.24) is 10.6 Å². The summed E-state index contributed by atoms with van der Waals surface area (Å²) in [6, 6.07) is 20.3. The normalized spacial score (nSPS) is 26.7. The molecule has 0 heterocycles. The minimum atomic E-state index is -0.0626. The molecule has 2 aromatic carbocycles. The Bertz CT molecular complexity index is 806. The molecule has 2 saturated carbocycles. The molecule has 4 nitrogen and oxygen atoms in total. The quantitative estimate of drug-likeness (QED) is 0.795. The van der Waals surface area contributed by atoms with Crippen LogP contribution < -0.4 is 10.6 Å². The summed E-state index contributed by atoms with van der Waals surface area (Å²) >= 11 is 0. The Morgan fingerprint density at radius 2 is 1.33 bits per heavy atom. The predicted molar refractivity (Wildman–Crippen MR) is 105 cm³/mol. The van der Waals surface area contributed by atoms with E-state index in [4.69, 9.17) is 0 Å². The number of amides is 2. The zero-order chi connectivity index (χ0) is 18.8. The average molecular weight is 362 g/mol. The second-order valence-electron chi connectivity index (χ2n) is 7.87. The Balaban J connectivity index is 1.19. The minimum absolute atomic E-state index is 0.0626. The molecule has 140 valence electrons. The van der Waals surface area contributed by atoms with E-state index in [1.807, 2.05) is 43.3 Å². The van der Waals surface area contributed by atoms with Gasteiger partial charge in [0.15, 0.2) is 0 Å².